The van der Waals surface area contributed by atoms with Gasteiger partial charge in [-0.15, -0.1) is 0 Å². The maximum Gasteiger partial charge on any atom is 0.226 e. The first kappa shape index (κ1) is 22.5. The fraction of sp³-hybridized carbons (Fsp3) is 0.417. The minimum atomic E-state index is -0.0287. The van der Waals surface area contributed by atoms with Crippen LogP contribution in [0.25, 0.3) is 0 Å². The lowest BCUT2D eigenvalue weighted by molar-refractivity contribution is -0.118. The number of carbonyl (C=O) groups excluding carboxylic acids is 2. The van der Waals surface area contributed by atoms with E-state index in [0.717, 1.165) is 5.69 Å². The van der Waals surface area contributed by atoms with Crippen molar-refractivity contribution in [2.24, 2.45) is 0 Å². The maximum absolute atomic E-state index is 12.5. The molecule has 1 amide bonds. The zero-order chi connectivity index (χ0) is 21.6. The Kier molecular flexibility index (Phi) is 7.43. The summed E-state index contributed by atoms with van der Waals surface area (Å²) in [6.45, 7) is 8.39. The molecule has 0 heterocycles. The van der Waals surface area contributed by atoms with Gasteiger partial charge >= 0.3 is 0 Å². The third-order valence-electron chi connectivity index (χ3n) is 4.86. The zero-order valence-electron chi connectivity index (χ0n) is 18.2. The Labute approximate surface area is 173 Å². The van der Waals surface area contributed by atoms with E-state index in [1.807, 2.05) is 12.1 Å². The molecule has 2 aromatic carbocycles. The lowest BCUT2D eigenvalue weighted by Gasteiger charge is -2.22. The van der Waals surface area contributed by atoms with E-state index in [1.165, 1.54) is 19.6 Å². The van der Waals surface area contributed by atoms with Crippen molar-refractivity contribution in [1.29, 1.82) is 0 Å². The molecule has 5 nitrogen and oxygen atoms in total. The van der Waals surface area contributed by atoms with Gasteiger partial charge in [0.1, 0.15) is 0 Å². The van der Waals surface area contributed by atoms with Crippen LogP contribution in [0.15, 0.2) is 42.5 Å². The van der Waals surface area contributed by atoms with Gasteiger partial charge in [-0.1, -0.05) is 32.9 Å². The van der Waals surface area contributed by atoms with E-state index >= 15 is 0 Å². The topological polar surface area (TPSA) is 55.8 Å². The molecule has 29 heavy (non-hydrogen) atoms. The molecule has 0 spiro atoms. The summed E-state index contributed by atoms with van der Waals surface area (Å²) < 4.78 is 11.0. The minimum absolute atomic E-state index is 0.0287. The molecule has 0 fully saturated rings. The molecular formula is C24H31NO4. The third-order valence-corrected chi connectivity index (χ3v) is 4.86. The second kappa shape index (κ2) is 9.59. The molecule has 156 valence electrons. The van der Waals surface area contributed by atoms with Crippen molar-refractivity contribution in [2.75, 3.05) is 25.7 Å². The second-order valence-corrected chi connectivity index (χ2v) is 8.12. The fourth-order valence-corrected chi connectivity index (χ4v) is 2.91. The van der Waals surface area contributed by atoms with Crippen LogP contribution >= 0.6 is 0 Å². The highest BCUT2D eigenvalue weighted by Crippen LogP contribution is 2.28. The highest BCUT2D eigenvalue weighted by atomic mass is 16.5. The van der Waals surface area contributed by atoms with E-state index in [2.05, 4.69) is 32.9 Å². The predicted octanol–water partition coefficient (Wildman–Crippen LogP) is 5.02. The van der Waals surface area contributed by atoms with Crippen molar-refractivity contribution in [1.82, 2.24) is 0 Å². The van der Waals surface area contributed by atoms with Crippen molar-refractivity contribution in [2.45, 2.75) is 46.0 Å². The molecule has 0 aliphatic carbocycles. The highest BCUT2D eigenvalue weighted by molar-refractivity contribution is 5.94. The van der Waals surface area contributed by atoms with Crippen molar-refractivity contribution in [3.05, 3.63) is 53.6 Å². The molecule has 2 rings (SSSR count). The molecule has 5 heteroatoms. The molecule has 0 bridgehead atoms. The Morgan fingerprint density at radius 3 is 2.21 bits per heavy atom. The molecule has 0 N–H and O–H groups in total. The van der Waals surface area contributed by atoms with E-state index in [-0.39, 0.29) is 17.1 Å². The average Bonchev–Trinajstić information content (AvgIpc) is 2.69. The number of rotatable bonds is 8. The number of Topliss-reactive ketones (excluding diaryl/α,β-unsaturated/α-hetero) is 1. The summed E-state index contributed by atoms with van der Waals surface area (Å²) in [4.78, 5) is 25.6. The SMILES string of the molecule is COc1cc(C(C)=O)ccc1OCCCC(=O)N(C)c1ccc(C(C)(C)C)cc1. The first-order valence-electron chi connectivity index (χ1n) is 9.82. The molecule has 0 aromatic heterocycles. The summed E-state index contributed by atoms with van der Waals surface area (Å²) in [6.07, 6.45) is 0.965. The summed E-state index contributed by atoms with van der Waals surface area (Å²) in [7, 11) is 3.33. The highest BCUT2D eigenvalue weighted by Gasteiger charge is 2.15. The van der Waals surface area contributed by atoms with Gasteiger partial charge in [-0.25, -0.2) is 0 Å². The van der Waals surface area contributed by atoms with Gasteiger partial charge in [-0.05, 0) is 54.7 Å². The van der Waals surface area contributed by atoms with Crippen LogP contribution in [0, 0.1) is 0 Å². The summed E-state index contributed by atoms with van der Waals surface area (Å²) in [5, 5.41) is 0. The number of benzene rings is 2. The normalized spacial score (nSPS) is 11.1. The predicted molar refractivity (Wildman–Crippen MR) is 116 cm³/mol. The average molecular weight is 398 g/mol. The van der Waals surface area contributed by atoms with Gasteiger partial charge in [0.15, 0.2) is 17.3 Å². The van der Waals surface area contributed by atoms with Crippen molar-refractivity contribution in [3.8, 4) is 11.5 Å². The Morgan fingerprint density at radius 1 is 1.00 bits per heavy atom. The number of amides is 1. The van der Waals surface area contributed by atoms with Gasteiger partial charge in [0.25, 0.3) is 0 Å². The largest absolute Gasteiger partial charge is 0.493 e. The first-order chi connectivity index (χ1) is 13.6. The van der Waals surface area contributed by atoms with Gasteiger partial charge in [0.2, 0.25) is 5.91 Å². The minimum Gasteiger partial charge on any atom is -0.493 e. The summed E-state index contributed by atoms with van der Waals surface area (Å²) in [5.74, 6) is 1.09. The van der Waals surface area contributed by atoms with Crippen LogP contribution in [-0.4, -0.2) is 32.5 Å². The standard InChI is InChI=1S/C24H31NO4/c1-17(26)18-9-14-21(22(16-18)28-6)29-15-7-8-23(27)25(5)20-12-10-19(11-13-20)24(2,3)4/h9-14,16H,7-8,15H2,1-6H3. The fourth-order valence-electron chi connectivity index (χ4n) is 2.91. The third kappa shape index (κ3) is 6.08. The first-order valence-corrected chi connectivity index (χ1v) is 9.82. The Hall–Kier alpha value is -2.82. The summed E-state index contributed by atoms with van der Waals surface area (Å²) in [5.41, 5.74) is 2.77. The van der Waals surface area contributed by atoms with Crippen LogP contribution in [0.5, 0.6) is 11.5 Å². The molecule has 0 aliphatic heterocycles. The number of hydrogen-bond acceptors (Lipinski definition) is 4. The smallest absolute Gasteiger partial charge is 0.226 e. The van der Waals surface area contributed by atoms with E-state index < -0.39 is 0 Å². The molecular weight excluding hydrogens is 366 g/mol. The lowest BCUT2D eigenvalue weighted by atomic mass is 9.87. The molecule has 0 radical (unpaired) electrons. The summed E-state index contributed by atoms with van der Waals surface area (Å²) in [6, 6.07) is 13.2. The van der Waals surface area contributed by atoms with E-state index in [1.54, 1.807) is 30.1 Å². The molecule has 0 saturated carbocycles. The van der Waals surface area contributed by atoms with Crippen molar-refractivity contribution in [3.63, 3.8) is 0 Å². The zero-order valence-corrected chi connectivity index (χ0v) is 18.2. The second-order valence-electron chi connectivity index (χ2n) is 8.12. The van der Waals surface area contributed by atoms with Gasteiger partial charge in [-0.3, -0.25) is 9.59 Å². The number of nitrogens with zero attached hydrogens (tertiary/aromatic N) is 1. The Bertz CT molecular complexity index is 850. The Balaban J connectivity index is 1.87. The lowest BCUT2D eigenvalue weighted by Crippen LogP contribution is -2.26. The summed E-state index contributed by atoms with van der Waals surface area (Å²) >= 11 is 0. The van der Waals surface area contributed by atoms with Gasteiger partial charge in [0.05, 0.1) is 13.7 Å². The monoisotopic (exact) mass is 397 g/mol. The molecule has 0 saturated heterocycles. The van der Waals surface area contributed by atoms with Crippen LogP contribution in [0.1, 0.15) is 56.5 Å². The number of hydrogen-bond donors (Lipinski definition) is 0. The molecule has 0 atom stereocenters. The quantitative estimate of drug-likeness (QED) is 0.464. The number of carbonyl (C=O) groups is 2. The van der Waals surface area contributed by atoms with Crippen LogP contribution in [-0.2, 0) is 10.2 Å². The van der Waals surface area contributed by atoms with E-state index in [4.69, 9.17) is 9.47 Å². The van der Waals surface area contributed by atoms with Gasteiger partial charge in [0, 0.05) is 24.7 Å². The van der Waals surface area contributed by atoms with Crippen molar-refractivity contribution >= 4 is 17.4 Å². The number of anilines is 1. The van der Waals surface area contributed by atoms with E-state index in [0.29, 0.717) is 36.5 Å². The number of methoxy groups -OCH3 is 1. The van der Waals surface area contributed by atoms with Crippen LogP contribution in [0.3, 0.4) is 0 Å². The number of ether oxygens (including phenoxy) is 2. The number of ketones is 1. The van der Waals surface area contributed by atoms with Crippen LogP contribution in [0.4, 0.5) is 5.69 Å². The van der Waals surface area contributed by atoms with Gasteiger partial charge < -0.3 is 14.4 Å². The van der Waals surface area contributed by atoms with Crippen molar-refractivity contribution < 1.29 is 19.1 Å². The molecule has 0 aliphatic rings. The van der Waals surface area contributed by atoms with Crippen LogP contribution in [0.2, 0.25) is 0 Å². The van der Waals surface area contributed by atoms with Gasteiger partial charge in [-0.2, -0.15) is 0 Å². The Morgan fingerprint density at radius 2 is 1.66 bits per heavy atom. The molecule has 2 aromatic rings. The maximum atomic E-state index is 12.5. The molecule has 0 unspecified atom stereocenters. The van der Waals surface area contributed by atoms with E-state index in [9.17, 15) is 9.59 Å². The van der Waals surface area contributed by atoms with Crippen LogP contribution < -0.4 is 14.4 Å².